The molecule has 0 bridgehead atoms. The molecule has 2 fully saturated rings. The molecule has 2 aliphatic rings. The Hall–Kier alpha value is -0.400. The van der Waals surface area contributed by atoms with Gasteiger partial charge in [0.25, 0.3) is 0 Å². The first-order chi connectivity index (χ1) is 10.3. The van der Waals surface area contributed by atoms with Gasteiger partial charge in [0.05, 0.1) is 12.7 Å². The summed E-state index contributed by atoms with van der Waals surface area (Å²) in [5, 5.41) is 67.5. The number of rotatable bonds is 3. The second-order valence-electron chi connectivity index (χ2n) is 5.51. The lowest BCUT2D eigenvalue weighted by atomic mass is 9.97. The maximum atomic E-state index is 9.93. The average molecular weight is 326 g/mol. The summed E-state index contributed by atoms with van der Waals surface area (Å²) >= 11 is 0. The molecule has 0 radical (unpaired) electrons. The summed E-state index contributed by atoms with van der Waals surface area (Å²) in [5.41, 5.74) is 0. The first-order valence-corrected chi connectivity index (χ1v) is 6.93. The fraction of sp³-hybridized carbons (Fsp3) is 1.00. The largest absolute Gasteiger partial charge is 0.394 e. The second kappa shape index (κ2) is 7.01. The lowest BCUT2D eigenvalue weighted by Gasteiger charge is -2.44. The van der Waals surface area contributed by atoms with Crippen molar-refractivity contribution in [2.45, 2.75) is 68.3 Å². The SMILES string of the molecule is C[C@H]1O[C@H](O[C@@H]2[C@@H](O)[C@@H](O)[C@@H](CO)O[C@H]2O)[C@H](O)[C@@H](O)[C@H]1O. The van der Waals surface area contributed by atoms with Crippen LogP contribution in [-0.4, -0.2) is 104 Å². The number of aliphatic hydroxyl groups excluding tert-OH is 7. The molecule has 0 aliphatic carbocycles. The number of hydrogen-bond donors (Lipinski definition) is 7. The molecule has 7 N–H and O–H groups in total. The summed E-state index contributed by atoms with van der Waals surface area (Å²) in [7, 11) is 0. The minimum Gasteiger partial charge on any atom is -0.394 e. The molecule has 0 saturated carbocycles. The molecular weight excluding hydrogens is 304 g/mol. The third kappa shape index (κ3) is 3.26. The number of hydrogen-bond acceptors (Lipinski definition) is 10. The summed E-state index contributed by atoms with van der Waals surface area (Å²) in [6.45, 7) is 0.823. The van der Waals surface area contributed by atoms with Crippen LogP contribution in [0.15, 0.2) is 0 Å². The van der Waals surface area contributed by atoms with Crippen LogP contribution in [0.5, 0.6) is 0 Å². The quantitative estimate of drug-likeness (QED) is 0.269. The highest BCUT2D eigenvalue weighted by Crippen LogP contribution is 2.28. The van der Waals surface area contributed by atoms with Gasteiger partial charge in [-0.1, -0.05) is 0 Å². The van der Waals surface area contributed by atoms with Crippen LogP contribution in [-0.2, 0) is 14.2 Å². The zero-order valence-corrected chi connectivity index (χ0v) is 11.8. The minimum absolute atomic E-state index is 0.619. The lowest BCUT2D eigenvalue weighted by molar-refractivity contribution is -0.358. The van der Waals surface area contributed by atoms with Gasteiger partial charge in [-0.3, -0.25) is 0 Å². The van der Waals surface area contributed by atoms with Crippen LogP contribution in [0.25, 0.3) is 0 Å². The summed E-state index contributed by atoms with van der Waals surface area (Å²) in [4.78, 5) is 0. The summed E-state index contributed by atoms with van der Waals surface area (Å²) in [6.07, 6.45) is -14.3. The summed E-state index contributed by atoms with van der Waals surface area (Å²) in [6, 6.07) is 0. The minimum atomic E-state index is -1.69. The van der Waals surface area contributed by atoms with Gasteiger partial charge >= 0.3 is 0 Å². The van der Waals surface area contributed by atoms with Gasteiger partial charge in [0, 0.05) is 0 Å². The molecule has 2 aliphatic heterocycles. The van der Waals surface area contributed by atoms with Crippen molar-refractivity contribution in [3.8, 4) is 0 Å². The molecule has 10 atom stereocenters. The Balaban J connectivity index is 2.06. The molecule has 10 nitrogen and oxygen atoms in total. The van der Waals surface area contributed by atoms with Gasteiger partial charge in [-0.15, -0.1) is 0 Å². The Labute approximate surface area is 126 Å². The van der Waals surface area contributed by atoms with Gasteiger partial charge in [-0.05, 0) is 6.92 Å². The molecule has 130 valence electrons. The molecule has 2 rings (SSSR count). The fourth-order valence-corrected chi connectivity index (χ4v) is 2.50. The van der Waals surface area contributed by atoms with Gasteiger partial charge < -0.3 is 50.0 Å². The van der Waals surface area contributed by atoms with E-state index in [9.17, 15) is 30.6 Å². The Bertz CT molecular complexity index is 368. The molecule has 0 aromatic rings. The number of aliphatic hydroxyl groups is 7. The fourth-order valence-electron chi connectivity index (χ4n) is 2.50. The van der Waals surface area contributed by atoms with E-state index in [0.29, 0.717) is 0 Å². The lowest BCUT2D eigenvalue weighted by Crippen LogP contribution is -2.63. The molecule has 22 heavy (non-hydrogen) atoms. The van der Waals surface area contributed by atoms with E-state index in [-0.39, 0.29) is 0 Å². The maximum Gasteiger partial charge on any atom is 0.187 e. The van der Waals surface area contributed by atoms with Crippen LogP contribution in [0, 0.1) is 0 Å². The van der Waals surface area contributed by atoms with Crippen molar-refractivity contribution < 1.29 is 50.0 Å². The van der Waals surface area contributed by atoms with Crippen LogP contribution >= 0.6 is 0 Å². The van der Waals surface area contributed by atoms with Crippen molar-refractivity contribution in [1.29, 1.82) is 0 Å². The first-order valence-electron chi connectivity index (χ1n) is 6.93. The van der Waals surface area contributed by atoms with Crippen molar-refractivity contribution >= 4 is 0 Å². The molecule has 0 aromatic carbocycles. The highest BCUT2D eigenvalue weighted by molar-refractivity contribution is 4.92. The third-order valence-corrected chi connectivity index (χ3v) is 3.94. The maximum absolute atomic E-state index is 9.93. The molecule has 0 spiro atoms. The van der Waals surface area contributed by atoms with E-state index >= 15 is 0 Å². The van der Waals surface area contributed by atoms with Gasteiger partial charge in [-0.2, -0.15) is 0 Å². The molecule has 0 aromatic heterocycles. The average Bonchev–Trinajstić information content (AvgIpc) is 2.49. The van der Waals surface area contributed by atoms with E-state index in [1.54, 1.807) is 0 Å². The Kier molecular flexibility index (Phi) is 5.72. The molecule has 2 heterocycles. The highest BCUT2D eigenvalue weighted by atomic mass is 16.7. The molecule has 10 heteroatoms. The van der Waals surface area contributed by atoms with E-state index < -0.39 is 68.0 Å². The predicted octanol–water partition coefficient (Wildman–Crippen LogP) is -4.37. The molecule has 2 saturated heterocycles. The Morgan fingerprint density at radius 2 is 1.45 bits per heavy atom. The van der Waals surface area contributed by atoms with E-state index in [2.05, 4.69) is 0 Å². The van der Waals surface area contributed by atoms with Crippen LogP contribution in [0.2, 0.25) is 0 Å². The highest BCUT2D eigenvalue weighted by Gasteiger charge is 2.49. The smallest absolute Gasteiger partial charge is 0.187 e. The van der Waals surface area contributed by atoms with Crippen LogP contribution < -0.4 is 0 Å². The summed E-state index contributed by atoms with van der Waals surface area (Å²) < 4.78 is 15.3. The zero-order valence-electron chi connectivity index (χ0n) is 11.8. The second-order valence-corrected chi connectivity index (χ2v) is 5.51. The zero-order chi connectivity index (χ0) is 16.6. The van der Waals surface area contributed by atoms with E-state index in [1.165, 1.54) is 6.92 Å². The summed E-state index contributed by atoms with van der Waals surface area (Å²) in [5.74, 6) is 0. The van der Waals surface area contributed by atoms with Gasteiger partial charge in [-0.25, -0.2) is 0 Å². The monoisotopic (exact) mass is 326 g/mol. The molecular formula is C12H22O10. The Morgan fingerprint density at radius 1 is 0.818 bits per heavy atom. The van der Waals surface area contributed by atoms with E-state index in [4.69, 9.17) is 19.3 Å². The van der Waals surface area contributed by atoms with E-state index in [0.717, 1.165) is 0 Å². The van der Waals surface area contributed by atoms with Crippen molar-refractivity contribution in [3.63, 3.8) is 0 Å². The normalized spacial score (nSPS) is 53.5. The van der Waals surface area contributed by atoms with Gasteiger partial charge in [0.15, 0.2) is 12.6 Å². The first kappa shape index (κ1) is 17.9. The standard InChI is InChI=1S/C12H22O10/c1-3-5(14)7(16)9(18)12(20-3)22-10-8(17)6(15)4(2-13)21-11(10)19/h3-19H,2H2,1H3/t3-,4-,5+,6+,7+,8+,9-,10-,11-,12-/m1/s1. The predicted molar refractivity (Wildman–Crippen MR) is 67.2 cm³/mol. The van der Waals surface area contributed by atoms with E-state index in [1.807, 2.05) is 0 Å². The van der Waals surface area contributed by atoms with Gasteiger partial charge in [0.1, 0.15) is 42.7 Å². The van der Waals surface area contributed by atoms with Crippen molar-refractivity contribution in [3.05, 3.63) is 0 Å². The van der Waals surface area contributed by atoms with Crippen molar-refractivity contribution in [1.82, 2.24) is 0 Å². The molecule has 0 unspecified atom stereocenters. The molecule has 0 amide bonds. The van der Waals surface area contributed by atoms with Crippen molar-refractivity contribution in [2.75, 3.05) is 6.61 Å². The van der Waals surface area contributed by atoms with Crippen LogP contribution in [0.4, 0.5) is 0 Å². The third-order valence-electron chi connectivity index (χ3n) is 3.94. The van der Waals surface area contributed by atoms with Crippen molar-refractivity contribution in [2.24, 2.45) is 0 Å². The van der Waals surface area contributed by atoms with Crippen LogP contribution in [0.3, 0.4) is 0 Å². The van der Waals surface area contributed by atoms with Crippen LogP contribution in [0.1, 0.15) is 6.92 Å². The topological polar surface area (TPSA) is 169 Å². The van der Waals surface area contributed by atoms with Gasteiger partial charge in [0.2, 0.25) is 0 Å². The number of ether oxygens (including phenoxy) is 3. The Morgan fingerprint density at radius 3 is 2.05 bits per heavy atom.